The number of benzene rings is 2. The average molecular weight is 513 g/mol. The van der Waals surface area contributed by atoms with E-state index in [9.17, 15) is 9.59 Å². The fourth-order valence-electron chi connectivity index (χ4n) is 4.08. The Hall–Kier alpha value is -2.55. The van der Waals surface area contributed by atoms with E-state index in [2.05, 4.69) is 24.6 Å². The number of ether oxygens (including phenoxy) is 1. The first-order valence-corrected chi connectivity index (χ1v) is 13.8. The first kappa shape index (κ1) is 28.0. The zero-order chi connectivity index (χ0) is 25.9. The molecule has 0 aliphatic carbocycles. The van der Waals surface area contributed by atoms with Gasteiger partial charge in [-0.1, -0.05) is 56.3 Å². The molecule has 0 radical (unpaired) electrons. The van der Waals surface area contributed by atoms with Gasteiger partial charge in [0.1, 0.15) is 18.4 Å². The van der Waals surface area contributed by atoms with Crippen molar-refractivity contribution in [3.05, 3.63) is 65.7 Å². The molecule has 1 fully saturated rings. The number of carbonyl (C=O) groups is 2. The molecule has 2 aromatic carbocycles. The fraction of sp³-hybridized carbons (Fsp3) is 0.500. The van der Waals surface area contributed by atoms with Crippen LogP contribution in [0.5, 0.6) is 5.75 Å². The van der Waals surface area contributed by atoms with E-state index in [0.29, 0.717) is 18.9 Å². The summed E-state index contributed by atoms with van der Waals surface area (Å²) in [4.78, 5) is 28.4. The summed E-state index contributed by atoms with van der Waals surface area (Å²) in [5, 5.41) is 5.00. The molecular weight excluding hydrogens is 472 g/mol. The van der Waals surface area contributed by atoms with Gasteiger partial charge in [0.25, 0.3) is 5.91 Å². The summed E-state index contributed by atoms with van der Waals surface area (Å²) in [6, 6.07) is 16.8. The fourth-order valence-corrected chi connectivity index (χ4v) is 4.99. The van der Waals surface area contributed by atoms with Gasteiger partial charge in [-0.15, -0.1) is 0 Å². The van der Waals surface area contributed by atoms with Crippen LogP contribution in [-0.4, -0.2) is 72.5 Å². The monoisotopic (exact) mass is 512 g/mol. The molecule has 0 spiro atoms. The van der Waals surface area contributed by atoms with E-state index < -0.39 is 6.04 Å². The van der Waals surface area contributed by atoms with Crippen LogP contribution in [0.2, 0.25) is 0 Å². The Labute approximate surface area is 219 Å². The molecule has 1 aliphatic heterocycles. The van der Waals surface area contributed by atoms with Gasteiger partial charge in [-0.2, -0.15) is 11.8 Å². The highest BCUT2D eigenvalue weighted by Gasteiger charge is 2.28. The van der Waals surface area contributed by atoms with E-state index in [1.807, 2.05) is 90.4 Å². The minimum absolute atomic E-state index is 0.120. The Bertz CT molecular complexity index is 947. The lowest BCUT2D eigenvalue weighted by molar-refractivity contribution is -0.134. The van der Waals surface area contributed by atoms with Crippen molar-refractivity contribution in [3.8, 4) is 5.75 Å². The highest BCUT2D eigenvalue weighted by Crippen LogP contribution is 2.17. The summed E-state index contributed by atoms with van der Waals surface area (Å²) >= 11 is 1.88. The lowest BCUT2D eigenvalue weighted by Gasteiger charge is -2.30. The van der Waals surface area contributed by atoms with Gasteiger partial charge in [-0.25, -0.2) is 5.01 Å². The lowest BCUT2D eigenvalue weighted by atomic mass is 10.0. The van der Waals surface area contributed by atoms with Gasteiger partial charge in [0.05, 0.1) is 6.04 Å². The van der Waals surface area contributed by atoms with Crippen molar-refractivity contribution < 1.29 is 14.3 Å². The van der Waals surface area contributed by atoms with Crippen LogP contribution in [0.3, 0.4) is 0 Å². The maximum Gasteiger partial charge on any atom is 0.257 e. The molecule has 2 amide bonds. The topological polar surface area (TPSA) is 73.9 Å². The molecule has 0 bridgehead atoms. The number of rotatable bonds is 12. The third-order valence-electron chi connectivity index (χ3n) is 6.14. The number of hydrogen-bond donors (Lipinski definition) is 2. The van der Waals surface area contributed by atoms with Crippen LogP contribution >= 0.6 is 11.8 Å². The van der Waals surface area contributed by atoms with Crippen LogP contribution in [0.1, 0.15) is 31.4 Å². The molecule has 1 aliphatic rings. The summed E-state index contributed by atoms with van der Waals surface area (Å²) in [6.07, 6.45) is 1.13. The van der Waals surface area contributed by atoms with Gasteiger partial charge in [-0.3, -0.25) is 19.9 Å². The van der Waals surface area contributed by atoms with Crippen molar-refractivity contribution in [1.29, 1.82) is 0 Å². The summed E-state index contributed by atoms with van der Waals surface area (Å²) in [7, 11) is 3.81. The van der Waals surface area contributed by atoms with Crippen LogP contribution < -0.4 is 15.5 Å². The minimum Gasteiger partial charge on any atom is -0.489 e. The maximum atomic E-state index is 13.3. The van der Waals surface area contributed by atoms with Crippen LogP contribution in [0.25, 0.3) is 0 Å². The second kappa shape index (κ2) is 14.3. The first-order chi connectivity index (χ1) is 17.3. The predicted octanol–water partition coefficient (Wildman–Crippen LogP) is 3.35. The van der Waals surface area contributed by atoms with Crippen molar-refractivity contribution in [3.63, 3.8) is 0 Å². The molecule has 0 unspecified atom stereocenters. The van der Waals surface area contributed by atoms with Crippen molar-refractivity contribution in [2.24, 2.45) is 5.92 Å². The molecule has 2 atom stereocenters. The molecule has 2 N–H and O–H groups in total. The highest BCUT2D eigenvalue weighted by molar-refractivity contribution is 7.99. The number of thioether (sulfide) groups is 1. The molecule has 0 aromatic heterocycles. The second-order valence-electron chi connectivity index (χ2n) is 9.87. The van der Waals surface area contributed by atoms with E-state index in [4.69, 9.17) is 4.74 Å². The average Bonchev–Trinajstić information content (AvgIpc) is 2.87. The number of hydrazine groups is 1. The van der Waals surface area contributed by atoms with Crippen molar-refractivity contribution in [2.45, 2.75) is 45.4 Å². The molecule has 36 heavy (non-hydrogen) atoms. The molecule has 3 rings (SSSR count). The number of nitrogens with one attached hydrogen (secondary N) is 2. The lowest BCUT2D eigenvalue weighted by Crippen LogP contribution is -2.57. The maximum absolute atomic E-state index is 13.3. The van der Waals surface area contributed by atoms with E-state index in [0.717, 1.165) is 47.9 Å². The standard InChI is InChI=1S/C28H40N4O3S/c1-21(2)18-26(31(3)4)28(34)29-25(27(33)30-32-14-16-36-17-15-32)19-22-10-12-24(13-11-22)35-20-23-8-6-5-7-9-23/h5-13,21,25-26H,14-20H2,1-4H3,(H,29,34)(H,30,33)/t25-,26-/m0/s1. The summed E-state index contributed by atoms with van der Waals surface area (Å²) < 4.78 is 5.90. The SMILES string of the molecule is CC(C)C[C@@H](C(=O)N[C@@H](Cc1ccc(OCc2ccccc2)cc1)C(=O)NN1CCSCC1)N(C)C. The number of carbonyl (C=O) groups excluding carboxylic acids is 2. The summed E-state index contributed by atoms with van der Waals surface area (Å²) in [5.41, 5.74) is 5.10. The van der Waals surface area contributed by atoms with E-state index >= 15 is 0 Å². The number of likely N-dealkylation sites (N-methyl/N-ethyl adjacent to an activating group) is 1. The third kappa shape index (κ3) is 9.15. The molecule has 196 valence electrons. The molecule has 1 saturated heterocycles. The normalized spacial score (nSPS) is 15.9. The van der Waals surface area contributed by atoms with Gasteiger partial charge in [0.15, 0.2) is 0 Å². The zero-order valence-corrected chi connectivity index (χ0v) is 22.7. The van der Waals surface area contributed by atoms with Crippen LogP contribution in [-0.2, 0) is 22.6 Å². The molecule has 0 saturated carbocycles. The molecule has 1 heterocycles. The van der Waals surface area contributed by atoms with E-state index in [-0.39, 0.29) is 17.9 Å². The Kier molecular flexibility index (Phi) is 11.1. The number of hydrogen-bond acceptors (Lipinski definition) is 6. The minimum atomic E-state index is -0.669. The number of amides is 2. The Morgan fingerprint density at radius 2 is 1.64 bits per heavy atom. The van der Waals surface area contributed by atoms with E-state index in [1.54, 1.807) is 0 Å². The van der Waals surface area contributed by atoms with Crippen molar-refractivity contribution in [2.75, 3.05) is 38.7 Å². The Morgan fingerprint density at radius 3 is 2.25 bits per heavy atom. The molecule has 7 nitrogen and oxygen atoms in total. The Balaban J connectivity index is 1.67. The highest BCUT2D eigenvalue weighted by atomic mass is 32.2. The molecular formula is C28H40N4O3S. The van der Waals surface area contributed by atoms with Gasteiger partial charge >= 0.3 is 0 Å². The van der Waals surface area contributed by atoms with Gasteiger partial charge < -0.3 is 10.1 Å². The number of nitrogens with zero attached hydrogens (tertiary/aromatic N) is 2. The van der Waals surface area contributed by atoms with Crippen LogP contribution in [0.15, 0.2) is 54.6 Å². The first-order valence-electron chi connectivity index (χ1n) is 12.7. The smallest absolute Gasteiger partial charge is 0.257 e. The second-order valence-corrected chi connectivity index (χ2v) is 11.1. The van der Waals surface area contributed by atoms with Gasteiger partial charge in [-0.05, 0) is 49.7 Å². The largest absolute Gasteiger partial charge is 0.489 e. The molecule has 2 aromatic rings. The Morgan fingerprint density at radius 1 is 0.972 bits per heavy atom. The van der Waals surface area contributed by atoms with Gasteiger partial charge in [0, 0.05) is 31.0 Å². The third-order valence-corrected chi connectivity index (χ3v) is 7.09. The molecule has 8 heteroatoms. The quantitative estimate of drug-likeness (QED) is 0.454. The van der Waals surface area contributed by atoms with Gasteiger partial charge in [0.2, 0.25) is 5.91 Å². The van der Waals surface area contributed by atoms with Crippen LogP contribution in [0.4, 0.5) is 0 Å². The van der Waals surface area contributed by atoms with E-state index in [1.165, 1.54) is 0 Å². The predicted molar refractivity (Wildman–Crippen MR) is 147 cm³/mol. The van der Waals surface area contributed by atoms with Crippen molar-refractivity contribution in [1.82, 2.24) is 20.7 Å². The van der Waals surface area contributed by atoms with Crippen LogP contribution in [0, 0.1) is 5.92 Å². The summed E-state index contributed by atoms with van der Waals surface area (Å²) in [6.45, 7) is 6.31. The zero-order valence-electron chi connectivity index (χ0n) is 21.9. The summed E-state index contributed by atoms with van der Waals surface area (Å²) in [5.74, 6) is 2.80. The van der Waals surface area contributed by atoms with Crippen molar-refractivity contribution >= 4 is 23.6 Å².